The molecule has 4 aromatic rings. The number of amides is 1. The number of hydrogen-bond acceptors (Lipinski definition) is 4. The van der Waals surface area contributed by atoms with Crippen molar-refractivity contribution in [2.75, 3.05) is 6.61 Å². The molecule has 3 aromatic carbocycles. The van der Waals surface area contributed by atoms with Gasteiger partial charge in [0.15, 0.2) is 0 Å². The molecule has 158 valence electrons. The number of halogens is 1. The van der Waals surface area contributed by atoms with Crippen LogP contribution in [0.4, 0.5) is 0 Å². The van der Waals surface area contributed by atoms with Gasteiger partial charge in [0.1, 0.15) is 10.6 Å². The number of aliphatic hydroxyl groups excluding tert-OH is 1. The third-order valence-corrected chi connectivity index (χ3v) is 7.04. The zero-order chi connectivity index (χ0) is 22.0. The number of nitrogens with one attached hydrogen (secondary N) is 2. The molecule has 1 atom stereocenters. The molecule has 1 aromatic heterocycles. The summed E-state index contributed by atoms with van der Waals surface area (Å²) < 4.78 is 27.0. The first-order valence-electron chi connectivity index (χ1n) is 9.50. The minimum absolute atomic E-state index is 0.0618. The molecule has 0 aliphatic carbocycles. The van der Waals surface area contributed by atoms with Gasteiger partial charge in [0.25, 0.3) is 5.91 Å². The summed E-state index contributed by atoms with van der Waals surface area (Å²) in [5, 5.41) is 13.2. The fraction of sp³-hybridized carbons (Fsp3) is 0.0870. The van der Waals surface area contributed by atoms with Crippen LogP contribution in [0.15, 0.2) is 88.7 Å². The van der Waals surface area contributed by atoms with Crippen LogP contribution in [-0.2, 0) is 9.84 Å². The van der Waals surface area contributed by atoms with Crippen LogP contribution < -0.4 is 5.32 Å². The van der Waals surface area contributed by atoms with Crippen LogP contribution in [0.3, 0.4) is 0 Å². The van der Waals surface area contributed by atoms with Gasteiger partial charge < -0.3 is 15.4 Å². The fourth-order valence-corrected chi connectivity index (χ4v) is 5.24. The third-order valence-electron chi connectivity index (χ3n) is 4.95. The number of aromatic amines is 1. The van der Waals surface area contributed by atoms with E-state index in [0.29, 0.717) is 21.5 Å². The summed E-state index contributed by atoms with van der Waals surface area (Å²) in [6, 6.07) is 20.9. The van der Waals surface area contributed by atoms with E-state index < -0.39 is 21.8 Å². The molecular formula is C23H19ClN2O4S. The number of benzene rings is 3. The molecule has 3 N–H and O–H groups in total. The van der Waals surface area contributed by atoms with Crippen LogP contribution in [0.5, 0.6) is 0 Å². The lowest BCUT2D eigenvalue weighted by Crippen LogP contribution is -2.32. The maximum Gasteiger partial charge on any atom is 0.269 e. The van der Waals surface area contributed by atoms with E-state index in [2.05, 4.69) is 10.3 Å². The largest absolute Gasteiger partial charge is 0.394 e. The zero-order valence-electron chi connectivity index (χ0n) is 16.2. The Hall–Kier alpha value is -3.13. The Morgan fingerprint density at radius 2 is 1.65 bits per heavy atom. The maximum absolute atomic E-state index is 13.5. The van der Waals surface area contributed by atoms with Crippen molar-refractivity contribution in [1.82, 2.24) is 10.3 Å². The van der Waals surface area contributed by atoms with E-state index in [9.17, 15) is 18.3 Å². The number of sulfone groups is 1. The second-order valence-corrected chi connectivity index (χ2v) is 9.28. The van der Waals surface area contributed by atoms with E-state index >= 15 is 0 Å². The highest BCUT2D eigenvalue weighted by Crippen LogP contribution is 2.33. The molecule has 0 aliphatic rings. The first kappa shape index (κ1) is 21.1. The molecule has 0 aliphatic heterocycles. The van der Waals surface area contributed by atoms with Gasteiger partial charge >= 0.3 is 0 Å². The number of hydrogen-bond donors (Lipinski definition) is 3. The Morgan fingerprint density at radius 1 is 1.00 bits per heavy atom. The van der Waals surface area contributed by atoms with Gasteiger partial charge in [0, 0.05) is 15.9 Å². The van der Waals surface area contributed by atoms with Gasteiger partial charge in [0.2, 0.25) is 9.84 Å². The smallest absolute Gasteiger partial charge is 0.269 e. The van der Waals surface area contributed by atoms with Gasteiger partial charge in [-0.05, 0) is 35.9 Å². The molecule has 0 saturated carbocycles. The molecule has 4 rings (SSSR count). The summed E-state index contributed by atoms with van der Waals surface area (Å²) in [6.45, 7) is -0.345. The molecule has 6 nitrogen and oxygen atoms in total. The van der Waals surface area contributed by atoms with E-state index in [0.717, 1.165) is 0 Å². The van der Waals surface area contributed by atoms with Crippen molar-refractivity contribution in [1.29, 1.82) is 0 Å². The van der Waals surface area contributed by atoms with Gasteiger partial charge in [0.05, 0.1) is 17.5 Å². The molecule has 1 heterocycles. The summed E-state index contributed by atoms with van der Waals surface area (Å²) in [7, 11) is -4.04. The van der Waals surface area contributed by atoms with E-state index in [1.165, 1.54) is 18.2 Å². The predicted molar refractivity (Wildman–Crippen MR) is 119 cm³/mol. The molecule has 0 unspecified atom stereocenters. The van der Waals surface area contributed by atoms with Gasteiger partial charge in [-0.2, -0.15) is 0 Å². The Balaban J connectivity index is 1.85. The highest BCUT2D eigenvalue weighted by Gasteiger charge is 2.30. The third kappa shape index (κ3) is 4.07. The average molecular weight is 455 g/mol. The standard InChI is InChI=1S/C23H19ClN2O4S/c24-16-11-12-19-18(13-16)22(31(29,30)17-9-5-2-6-10-17)21(25-19)23(28)26-20(14-27)15-7-3-1-4-8-15/h1-13,20,25,27H,14H2,(H,26,28)/t20-/m1/s1. The number of aliphatic hydroxyl groups is 1. The molecule has 0 saturated heterocycles. The monoisotopic (exact) mass is 454 g/mol. The highest BCUT2D eigenvalue weighted by atomic mass is 35.5. The van der Waals surface area contributed by atoms with Crippen LogP contribution in [0.2, 0.25) is 5.02 Å². The van der Waals surface area contributed by atoms with Crippen molar-refractivity contribution >= 4 is 38.2 Å². The van der Waals surface area contributed by atoms with Crippen LogP contribution in [-0.4, -0.2) is 31.0 Å². The van der Waals surface area contributed by atoms with Crippen molar-refractivity contribution in [3.05, 3.63) is 95.1 Å². The quantitative estimate of drug-likeness (QED) is 0.408. The molecule has 0 bridgehead atoms. The zero-order valence-corrected chi connectivity index (χ0v) is 17.8. The first-order valence-corrected chi connectivity index (χ1v) is 11.4. The summed E-state index contributed by atoms with van der Waals surface area (Å²) in [5.74, 6) is -0.648. The Kier molecular flexibility index (Phi) is 5.82. The molecule has 0 fully saturated rings. The summed E-state index contributed by atoms with van der Waals surface area (Å²) >= 11 is 6.12. The highest BCUT2D eigenvalue weighted by molar-refractivity contribution is 7.91. The Labute approximate surface area is 184 Å². The first-order chi connectivity index (χ1) is 14.9. The van der Waals surface area contributed by atoms with Crippen LogP contribution in [0, 0.1) is 0 Å². The number of rotatable bonds is 6. The number of aromatic nitrogens is 1. The number of carbonyl (C=O) groups is 1. The van der Waals surface area contributed by atoms with Crippen molar-refractivity contribution in [2.45, 2.75) is 15.8 Å². The molecule has 31 heavy (non-hydrogen) atoms. The minimum atomic E-state index is -4.04. The van der Waals surface area contributed by atoms with Gasteiger partial charge in [-0.3, -0.25) is 4.79 Å². The Morgan fingerprint density at radius 3 is 2.29 bits per heavy atom. The summed E-state index contributed by atoms with van der Waals surface area (Å²) in [5.41, 5.74) is 1.05. The maximum atomic E-state index is 13.5. The van der Waals surface area contributed by atoms with Crippen molar-refractivity contribution in [3.8, 4) is 0 Å². The minimum Gasteiger partial charge on any atom is -0.394 e. The molecule has 8 heteroatoms. The van der Waals surface area contributed by atoms with Crippen LogP contribution >= 0.6 is 11.6 Å². The predicted octanol–water partition coefficient (Wildman–Crippen LogP) is 4.12. The van der Waals surface area contributed by atoms with Gasteiger partial charge in [-0.25, -0.2) is 8.42 Å². The lowest BCUT2D eigenvalue weighted by atomic mass is 10.1. The molecule has 0 radical (unpaired) electrons. The second-order valence-electron chi connectivity index (χ2n) is 6.95. The van der Waals surface area contributed by atoms with E-state index in [1.54, 1.807) is 54.6 Å². The SMILES string of the molecule is O=C(N[C@H](CO)c1ccccc1)c1[nH]c2ccc(Cl)cc2c1S(=O)(=O)c1ccccc1. The van der Waals surface area contributed by atoms with Crippen LogP contribution in [0.25, 0.3) is 10.9 Å². The normalized spacial score (nSPS) is 12.6. The topological polar surface area (TPSA) is 99.3 Å². The number of H-pyrrole nitrogens is 1. The van der Waals surface area contributed by atoms with E-state index in [1.807, 2.05) is 6.07 Å². The number of carbonyl (C=O) groups excluding carboxylic acids is 1. The average Bonchev–Trinajstić information content (AvgIpc) is 3.18. The van der Waals surface area contributed by atoms with Crippen LogP contribution in [0.1, 0.15) is 22.1 Å². The fourth-order valence-electron chi connectivity index (χ4n) is 3.45. The van der Waals surface area contributed by atoms with Crippen molar-refractivity contribution in [2.24, 2.45) is 0 Å². The van der Waals surface area contributed by atoms with Gasteiger partial charge in [-0.1, -0.05) is 60.1 Å². The Bertz CT molecular complexity index is 1340. The lowest BCUT2D eigenvalue weighted by Gasteiger charge is -2.17. The summed E-state index contributed by atoms with van der Waals surface area (Å²) in [6.07, 6.45) is 0. The molecular weight excluding hydrogens is 436 g/mol. The van der Waals surface area contributed by atoms with E-state index in [4.69, 9.17) is 11.6 Å². The second kappa shape index (κ2) is 8.55. The number of fused-ring (bicyclic) bond motifs is 1. The summed E-state index contributed by atoms with van der Waals surface area (Å²) in [4.78, 5) is 16.0. The molecule has 1 amide bonds. The van der Waals surface area contributed by atoms with Gasteiger partial charge in [-0.15, -0.1) is 0 Å². The van der Waals surface area contributed by atoms with Crippen molar-refractivity contribution in [3.63, 3.8) is 0 Å². The van der Waals surface area contributed by atoms with Crippen molar-refractivity contribution < 1.29 is 18.3 Å². The van der Waals surface area contributed by atoms with E-state index in [-0.39, 0.29) is 22.1 Å². The molecule has 0 spiro atoms. The lowest BCUT2D eigenvalue weighted by molar-refractivity contribution is 0.0908.